The number of rotatable bonds is 9. The minimum absolute atomic E-state index is 0.0574. The summed E-state index contributed by atoms with van der Waals surface area (Å²) in [6.07, 6.45) is 0.438. The molecule has 1 amide bonds. The van der Waals surface area contributed by atoms with Gasteiger partial charge in [-0.2, -0.15) is 11.8 Å². The number of nitrogens with one attached hydrogen (secondary N) is 1. The highest BCUT2D eigenvalue weighted by atomic mass is 32.2. The Bertz CT molecular complexity index is 385. The number of amides is 1. The standard InChI is InChI=1S/C12H20N2O3S2/c1-9-13-11(8-19-9)7-18-4-3-12(16)14-10(5-15)6-17-2/h8,10,15H,3-7H2,1-2H3,(H,14,16). The number of aryl methyl sites for hydroxylation is 1. The van der Waals surface area contributed by atoms with E-state index in [9.17, 15) is 4.79 Å². The zero-order chi connectivity index (χ0) is 14.1. The van der Waals surface area contributed by atoms with E-state index in [-0.39, 0.29) is 18.6 Å². The van der Waals surface area contributed by atoms with Gasteiger partial charge in [0.2, 0.25) is 5.91 Å². The number of nitrogens with zero attached hydrogens (tertiary/aromatic N) is 1. The van der Waals surface area contributed by atoms with Gasteiger partial charge in [-0.3, -0.25) is 4.79 Å². The van der Waals surface area contributed by atoms with Gasteiger partial charge < -0.3 is 15.2 Å². The van der Waals surface area contributed by atoms with E-state index in [0.717, 1.165) is 22.2 Å². The number of thiazole rings is 1. The highest BCUT2D eigenvalue weighted by molar-refractivity contribution is 7.98. The zero-order valence-corrected chi connectivity index (χ0v) is 12.9. The Kier molecular flexibility index (Phi) is 8.04. The van der Waals surface area contributed by atoms with Crippen molar-refractivity contribution >= 4 is 29.0 Å². The van der Waals surface area contributed by atoms with Crippen molar-refractivity contribution in [2.24, 2.45) is 0 Å². The van der Waals surface area contributed by atoms with Crippen LogP contribution in [0, 0.1) is 6.92 Å². The van der Waals surface area contributed by atoms with E-state index in [1.807, 2.05) is 12.3 Å². The van der Waals surface area contributed by atoms with Gasteiger partial charge in [0.05, 0.1) is 30.0 Å². The third-order valence-corrected chi connectivity index (χ3v) is 4.16. The van der Waals surface area contributed by atoms with E-state index in [0.29, 0.717) is 13.0 Å². The van der Waals surface area contributed by atoms with Crippen LogP contribution in [-0.4, -0.2) is 48.1 Å². The van der Waals surface area contributed by atoms with Crippen molar-refractivity contribution in [3.05, 3.63) is 16.1 Å². The van der Waals surface area contributed by atoms with Crippen LogP contribution in [0.2, 0.25) is 0 Å². The molecule has 1 aromatic rings. The summed E-state index contributed by atoms with van der Waals surface area (Å²) in [5.74, 6) is 1.52. The maximum atomic E-state index is 11.6. The molecule has 1 atom stereocenters. The number of carbonyl (C=O) groups excluding carboxylic acids is 1. The highest BCUT2D eigenvalue weighted by Gasteiger charge is 2.10. The smallest absolute Gasteiger partial charge is 0.221 e. The first-order valence-electron chi connectivity index (χ1n) is 6.03. The maximum absolute atomic E-state index is 11.6. The molecule has 0 aromatic carbocycles. The molecule has 0 spiro atoms. The first kappa shape index (κ1) is 16.4. The average Bonchev–Trinajstić information content (AvgIpc) is 2.80. The molecule has 0 radical (unpaired) electrons. The van der Waals surface area contributed by atoms with Crippen LogP contribution in [0.3, 0.4) is 0 Å². The first-order valence-corrected chi connectivity index (χ1v) is 8.07. The lowest BCUT2D eigenvalue weighted by Gasteiger charge is -2.14. The van der Waals surface area contributed by atoms with Gasteiger partial charge in [-0.1, -0.05) is 0 Å². The predicted molar refractivity (Wildman–Crippen MR) is 78.5 cm³/mol. The van der Waals surface area contributed by atoms with Gasteiger partial charge in [-0.05, 0) is 6.92 Å². The van der Waals surface area contributed by atoms with Crippen LogP contribution < -0.4 is 5.32 Å². The lowest BCUT2D eigenvalue weighted by atomic mass is 10.3. The van der Waals surface area contributed by atoms with E-state index >= 15 is 0 Å². The molecule has 0 aliphatic carbocycles. The van der Waals surface area contributed by atoms with Crippen LogP contribution in [0.15, 0.2) is 5.38 Å². The number of ether oxygens (including phenoxy) is 1. The summed E-state index contributed by atoms with van der Waals surface area (Å²) in [4.78, 5) is 16.0. The summed E-state index contributed by atoms with van der Waals surface area (Å²) in [6.45, 7) is 2.20. The van der Waals surface area contributed by atoms with Crippen LogP contribution >= 0.6 is 23.1 Å². The van der Waals surface area contributed by atoms with Crippen molar-refractivity contribution in [3.8, 4) is 0 Å². The number of methoxy groups -OCH3 is 1. The Hall–Kier alpha value is -0.630. The molecular formula is C12H20N2O3S2. The molecule has 0 aliphatic heterocycles. The molecule has 0 bridgehead atoms. The topological polar surface area (TPSA) is 71.5 Å². The molecule has 0 saturated carbocycles. The second-order valence-electron chi connectivity index (χ2n) is 4.06. The normalized spacial score (nSPS) is 12.4. The van der Waals surface area contributed by atoms with Gasteiger partial charge in [0.1, 0.15) is 0 Å². The second kappa shape index (κ2) is 9.30. The average molecular weight is 304 g/mol. The fraction of sp³-hybridized carbons (Fsp3) is 0.667. The minimum Gasteiger partial charge on any atom is -0.394 e. The van der Waals surface area contributed by atoms with Crippen molar-refractivity contribution in [1.82, 2.24) is 10.3 Å². The Morgan fingerprint density at radius 3 is 3.05 bits per heavy atom. The van der Waals surface area contributed by atoms with Gasteiger partial charge >= 0.3 is 0 Å². The molecule has 5 nitrogen and oxygen atoms in total. The Morgan fingerprint density at radius 1 is 1.68 bits per heavy atom. The van der Waals surface area contributed by atoms with Gasteiger partial charge in [0.25, 0.3) is 0 Å². The number of aliphatic hydroxyl groups excluding tert-OH is 1. The lowest BCUT2D eigenvalue weighted by molar-refractivity contribution is -0.122. The minimum atomic E-state index is -0.316. The third kappa shape index (κ3) is 6.91. The van der Waals surface area contributed by atoms with Crippen LogP contribution in [0.4, 0.5) is 0 Å². The molecule has 0 fully saturated rings. The SMILES string of the molecule is COCC(CO)NC(=O)CCSCc1csc(C)n1. The molecule has 1 heterocycles. The van der Waals surface area contributed by atoms with Crippen molar-refractivity contribution in [2.75, 3.05) is 26.1 Å². The van der Waals surface area contributed by atoms with E-state index in [1.165, 1.54) is 0 Å². The van der Waals surface area contributed by atoms with Crippen molar-refractivity contribution in [3.63, 3.8) is 0 Å². The van der Waals surface area contributed by atoms with Crippen molar-refractivity contribution < 1.29 is 14.6 Å². The fourth-order valence-electron chi connectivity index (χ4n) is 1.46. The molecule has 108 valence electrons. The molecule has 19 heavy (non-hydrogen) atoms. The number of thioether (sulfide) groups is 1. The summed E-state index contributed by atoms with van der Waals surface area (Å²) < 4.78 is 4.89. The number of carbonyl (C=O) groups is 1. The first-order chi connectivity index (χ1) is 9.15. The van der Waals surface area contributed by atoms with Gasteiger partial charge in [0, 0.05) is 30.4 Å². The number of hydrogen-bond acceptors (Lipinski definition) is 6. The molecule has 1 unspecified atom stereocenters. The summed E-state index contributed by atoms with van der Waals surface area (Å²) in [5.41, 5.74) is 1.07. The van der Waals surface area contributed by atoms with Crippen LogP contribution in [0.5, 0.6) is 0 Å². The van der Waals surface area contributed by atoms with E-state index < -0.39 is 0 Å². The van der Waals surface area contributed by atoms with Crippen LogP contribution in [0.1, 0.15) is 17.1 Å². The second-order valence-corrected chi connectivity index (χ2v) is 6.23. The zero-order valence-electron chi connectivity index (χ0n) is 11.2. The van der Waals surface area contributed by atoms with E-state index in [1.54, 1.807) is 30.2 Å². The van der Waals surface area contributed by atoms with Gasteiger partial charge in [0.15, 0.2) is 0 Å². The van der Waals surface area contributed by atoms with Crippen LogP contribution in [0.25, 0.3) is 0 Å². The van der Waals surface area contributed by atoms with Crippen LogP contribution in [-0.2, 0) is 15.3 Å². The third-order valence-electron chi connectivity index (χ3n) is 2.34. The Labute approximate surface area is 121 Å². The van der Waals surface area contributed by atoms with E-state index in [2.05, 4.69) is 10.3 Å². The Morgan fingerprint density at radius 2 is 2.47 bits per heavy atom. The number of hydrogen-bond donors (Lipinski definition) is 2. The predicted octanol–water partition coefficient (Wildman–Crippen LogP) is 1.20. The van der Waals surface area contributed by atoms with Crippen molar-refractivity contribution in [2.45, 2.75) is 25.1 Å². The molecule has 2 N–H and O–H groups in total. The molecule has 1 rings (SSSR count). The van der Waals surface area contributed by atoms with Crippen molar-refractivity contribution in [1.29, 1.82) is 0 Å². The monoisotopic (exact) mass is 304 g/mol. The Balaban J connectivity index is 2.13. The number of aromatic nitrogens is 1. The molecule has 1 aromatic heterocycles. The molecule has 7 heteroatoms. The van der Waals surface area contributed by atoms with Gasteiger partial charge in [-0.25, -0.2) is 4.98 Å². The fourth-order valence-corrected chi connectivity index (χ4v) is 3.01. The summed E-state index contributed by atoms with van der Waals surface area (Å²) >= 11 is 3.33. The summed E-state index contributed by atoms with van der Waals surface area (Å²) in [5, 5.41) is 14.9. The highest BCUT2D eigenvalue weighted by Crippen LogP contribution is 2.15. The summed E-state index contributed by atoms with van der Waals surface area (Å²) in [6, 6.07) is -0.316. The quantitative estimate of drug-likeness (QED) is 0.671. The largest absolute Gasteiger partial charge is 0.394 e. The molecule has 0 aliphatic rings. The molecular weight excluding hydrogens is 284 g/mol. The maximum Gasteiger partial charge on any atom is 0.221 e. The summed E-state index contributed by atoms with van der Waals surface area (Å²) in [7, 11) is 1.54. The number of aliphatic hydroxyl groups is 1. The molecule has 0 saturated heterocycles. The lowest BCUT2D eigenvalue weighted by Crippen LogP contribution is -2.40. The van der Waals surface area contributed by atoms with E-state index in [4.69, 9.17) is 9.84 Å². The van der Waals surface area contributed by atoms with Gasteiger partial charge in [-0.15, -0.1) is 11.3 Å².